The number of nitrogens with one attached hydrogen (secondary N) is 1. The van der Waals surface area contributed by atoms with E-state index in [1.807, 2.05) is 19.1 Å². The third-order valence-electron chi connectivity index (χ3n) is 5.12. The number of nitrogens with zero attached hydrogens (tertiary/aromatic N) is 2. The van der Waals surface area contributed by atoms with Crippen molar-refractivity contribution in [2.45, 2.75) is 45.4 Å². The second-order valence-electron chi connectivity index (χ2n) is 8.02. The molecule has 6 heteroatoms. The summed E-state index contributed by atoms with van der Waals surface area (Å²) in [7, 11) is 2.13. The Balaban J connectivity index is 1.41. The van der Waals surface area contributed by atoms with Crippen molar-refractivity contribution in [1.29, 1.82) is 0 Å². The summed E-state index contributed by atoms with van der Waals surface area (Å²) in [6, 6.07) is 10.4. The molecule has 1 N–H and O–H groups in total. The van der Waals surface area contributed by atoms with E-state index in [0.29, 0.717) is 13.1 Å². The van der Waals surface area contributed by atoms with Crippen LogP contribution >= 0.6 is 11.3 Å². The van der Waals surface area contributed by atoms with E-state index in [9.17, 15) is 4.79 Å². The summed E-state index contributed by atoms with van der Waals surface area (Å²) in [6.45, 7) is 6.90. The van der Waals surface area contributed by atoms with Crippen molar-refractivity contribution in [3.05, 3.63) is 52.2 Å². The van der Waals surface area contributed by atoms with E-state index < -0.39 is 0 Å². The number of hydrogen-bond donors (Lipinski definition) is 1. The summed E-state index contributed by atoms with van der Waals surface area (Å²) in [4.78, 5) is 16.7. The number of thiophene rings is 1. The number of likely N-dealkylation sites (tertiary alicyclic amines) is 1. The highest BCUT2D eigenvalue weighted by atomic mass is 32.1. The van der Waals surface area contributed by atoms with Crippen LogP contribution < -0.4 is 10.1 Å². The van der Waals surface area contributed by atoms with E-state index in [1.165, 1.54) is 30.4 Å². The Kier molecular flexibility index (Phi) is 8.52. The number of carbonyl (C=O) groups excluding carboxylic acids is 1. The summed E-state index contributed by atoms with van der Waals surface area (Å²) >= 11 is 1.73. The fourth-order valence-corrected chi connectivity index (χ4v) is 4.35. The normalized spacial score (nSPS) is 16.0. The van der Waals surface area contributed by atoms with Crippen LogP contribution in [0.25, 0.3) is 0 Å². The minimum atomic E-state index is -0.0703. The zero-order valence-electron chi connectivity index (χ0n) is 17.6. The van der Waals surface area contributed by atoms with E-state index in [2.05, 4.69) is 51.1 Å². The Morgan fingerprint density at radius 2 is 2.00 bits per heavy atom. The number of rotatable bonds is 10. The average molecular weight is 416 g/mol. The molecule has 1 aliphatic rings. The fraction of sp³-hybridized carbons (Fsp3) is 0.522. The number of carbonyl (C=O) groups is 1. The van der Waals surface area contributed by atoms with Crippen molar-refractivity contribution in [3.63, 3.8) is 0 Å². The van der Waals surface area contributed by atoms with Gasteiger partial charge in [-0.25, -0.2) is 0 Å². The van der Waals surface area contributed by atoms with Crippen molar-refractivity contribution in [1.82, 2.24) is 15.1 Å². The van der Waals surface area contributed by atoms with Crippen LogP contribution in [-0.4, -0.2) is 55.0 Å². The predicted molar refractivity (Wildman–Crippen MR) is 119 cm³/mol. The van der Waals surface area contributed by atoms with Gasteiger partial charge in [0.1, 0.15) is 11.9 Å². The maximum atomic E-state index is 12.2. The summed E-state index contributed by atoms with van der Waals surface area (Å²) < 4.78 is 6.04. The number of piperidine rings is 1. The zero-order chi connectivity index (χ0) is 20.5. The first-order valence-electron chi connectivity index (χ1n) is 10.5. The lowest BCUT2D eigenvalue weighted by atomic mass is 10.1. The first kappa shape index (κ1) is 21.8. The van der Waals surface area contributed by atoms with Crippen LogP contribution in [0, 0.1) is 0 Å². The van der Waals surface area contributed by atoms with E-state index in [4.69, 9.17) is 4.74 Å². The number of hydrogen-bond acceptors (Lipinski definition) is 5. The Morgan fingerprint density at radius 1 is 1.21 bits per heavy atom. The lowest BCUT2D eigenvalue weighted by Crippen LogP contribution is -2.42. The monoisotopic (exact) mass is 415 g/mol. The smallest absolute Gasteiger partial charge is 0.234 e. The molecule has 158 valence electrons. The lowest BCUT2D eigenvalue weighted by molar-refractivity contribution is -0.122. The predicted octanol–water partition coefficient (Wildman–Crippen LogP) is 3.75. The molecule has 1 fully saturated rings. The van der Waals surface area contributed by atoms with Gasteiger partial charge in [0.15, 0.2) is 0 Å². The third kappa shape index (κ3) is 7.80. The van der Waals surface area contributed by atoms with Crippen molar-refractivity contribution >= 4 is 17.2 Å². The van der Waals surface area contributed by atoms with E-state index in [0.717, 1.165) is 31.9 Å². The largest absolute Gasteiger partial charge is 0.489 e. The van der Waals surface area contributed by atoms with Crippen LogP contribution in [0.3, 0.4) is 0 Å². The molecule has 5 nitrogen and oxygen atoms in total. The maximum absolute atomic E-state index is 12.2. The van der Waals surface area contributed by atoms with Crippen molar-refractivity contribution in [3.8, 4) is 5.75 Å². The molecule has 3 rings (SSSR count). The standard InChI is InChI=1S/C23H33N3O2S/c1-19(14-24-23(27)17-26-10-4-3-5-11-26)28-22-8-6-7-20(13-22)15-25(2)16-21-9-12-29-18-21/h6-9,12-13,18-19H,3-5,10-11,14-17H2,1-2H3,(H,24,27)/t19-/m0/s1. The summed E-state index contributed by atoms with van der Waals surface area (Å²) in [5, 5.41) is 7.32. The Labute approximate surface area is 178 Å². The van der Waals surface area contributed by atoms with Gasteiger partial charge in [0.2, 0.25) is 5.91 Å². The van der Waals surface area contributed by atoms with E-state index >= 15 is 0 Å². The Morgan fingerprint density at radius 3 is 2.76 bits per heavy atom. The molecular weight excluding hydrogens is 382 g/mol. The van der Waals surface area contributed by atoms with Crippen LogP contribution in [0.15, 0.2) is 41.1 Å². The summed E-state index contributed by atoms with van der Waals surface area (Å²) in [5.74, 6) is 0.940. The fourth-order valence-electron chi connectivity index (χ4n) is 3.69. The molecule has 2 heterocycles. The third-order valence-corrected chi connectivity index (χ3v) is 5.86. The highest BCUT2D eigenvalue weighted by Gasteiger charge is 2.14. The van der Waals surface area contributed by atoms with Crippen LogP contribution in [0.1, 0.15) is 37.3 Å². The van der Waals surface area contributed by atoms with Gasteiger partial charge in [-0.3, -0.25) is 14.6 Å². The summed E-state index contributed by atoms with van der Waals surface area (Å²) in [6.07, 6.45) is 3.61. The van der Waals surface area contributed by atoms with E-state index in [-0.39, 0.29) is 12.0 Å². The molecule has 2 aromatic rings. The topological polar surface area (TPSA) is 44.8 Å². The molecule has 0 saturated carbocycles. The van der Waals surface area contributed by atoms with Gasteiger partial charge in [0.05, 0.1) is 13.1 Å². The van der Waals surface area contributed by atoms with Crippen LogP contribution in [0.2, 0.25) is 0 Å². The highest BCUT2D eigenvalue weighted by Crippen LogP contribution is 2.17. The maximum Gasteiger partial charge on any atom is 0.234 e. The highest BCUT2D eigenvalue weighted by molar-refractivity contribution is 7.07. The van der Waals surface area contributed by atoms with Gasteiger partial charge in [0.25, 0.3) is 0 Å². The molecule has 1 aromatic heterocycles. The lowest BCUT2D eigenvalue weighted by Gasteiger charge is -2.26. The minimum absolute atomic E-state index is 0.0703. The molecule has 0 bridgehead atoms. The number of ether oxygens (including phenoxy) is 1. The molecule has 0 radical (unpaired) electrons. The molecule has 0 unspecified atom stereocenters. The van der Waals surface area contributed by atoms with Crippen LogP contribution in [-0.2, 0) is 17.9 Å². The molecule has 0 spiro atoms. The molecule has 29 heavy (non-hydrogen) atoms. The molecule has 1 amide bonds. The zero-order valence-corrected chi connectivity index (χ0v) is 18.4. The second kappa shape index (κ2) is 11.3. The van der Waals surface area contributed by atoms with Crippen molar-refractivity contribution < 1.29 is 9.53 Å². The Hall–Kier alpha value is -1.89. The first-order chi connectivity index (χ1) is 14.1. The Bertz CT molecular complexity index is 744. The van der Waals surface area contributed by atoms with Gasteiger partial charge in [-0.15, -0.1) is 0 Å². The first-order valence-corrected chi connectivity index (χ1v) is 11.5. The molecular formula is C23H33N3O2S. The molecule has 1 aliphatic heterocycles. The number of amides is 1. The van der Waals surface area contributed by atoms with Gasteiger partial charge in [-0.05, 0) is 80.0 Å². The van der Waals surface area contributed by atoms with Gasteiger partial charge < -0.3 is 10.1 Å². The molecule has 0 aliphatic carbocycles. The van der Waals surface area contributed by atoms with Crippen LogP contribution in [0.4, 0.5) is 0 Å². The summed E-state index contributed by atoms with van der Waals surface area (Å²) in [5.41, 5.74) is 2.57. The molecule has 1 saturated heterocycles. The SMILES string of the molecule is C[C@@H](CNC(=O)CN1CCCCC1)Oc1cccc(CN(C)Cc2ccsc2)c1. The second-order valence-corrected chi connectivity index (χ2v) is 8.80. The van der Waals surface area contributed by atoms with Crippen molar-refractivity contribution in [2.24, 2.45) is 0 Å². The quantitative estimate of drug-likeness (QED) is 0.642. The number of benzene rings is 1. The molecule has 1 aromatic carbocycles. The van der Waals surface area contributed by atoms with Crippen molar-refractivity contribution in [2.75, 3.05) is 33.2 Å². The van der Waals surface area contributed by atoms with Gasteiger partial charge in [-0.1, -0.05) is 18.6 Å². The van der Waals surface area contributed by atoms with Gasteiger partial charge >= 0.3 is 0 Å². The minimum Gasteiger partial charge on any atom is -0.489 e. The van der Waals surface area contributed by atoms with Crippen LogP contribution in [0.5, 0.6) is 5.75 Å². The van der Waals surface area contributed by atoms with Gasteiger partial charge in [0, 0.05) is 13.1 Å². The molecule has 1 atom stereocenters. The van der Waals surface area contributed by atoms with E-state index in [1.54, 1.807) is 11.3 Å². The average Bonchev–Trinajstić information content (AvgIpc) is 3.20. The van der Waals surface area contributed by atoms with Gasteiger partial charge in [-0.2, -0.15) is 11.3 Å².